The summed E-state index contributed by atoms with van der Waals surface area (Å²) >= 11 is 0. The van der Waals surface area contributed by atoms with E-state index in [0.717, 1.165) is 0 Å². The van der Waals surface area contributed by atoms with Crippen molar-refractivity contribution >= 4 is 17.6 Å². The van der Waals surface area contributed by atoms with Crippen molar-refractivity contribution in [3.8, 4) is 5.75 Å². The van der Waals surface area contributed by atoms with Crippen molar-refractivity contribution in [2.45, 2.75) is 0 Å². The SMILES string of the molecule is COc1cc(/C(N)=N/O)ccc1NC(=O)N(C)C. The maximum atomic E-state index is 11.5. The summed E-state index contributed by atoms with van der Waals surface area (Å²) in [6.07, 6.45) is 0. The molecule has 0 bridgehead atoms. The number of anilines is 1. The molecule has 1 aromatic carbocycles. The van der Waals surface area contributed by atoms with Crippen LogP contribution in [-0.4, -0.2) is 43.2 Å². The van der Waals surface area contributed by atoms with Crippen molar-refractivity contribution in [1.82, 2.24) is 4.90 Å². The number of oxime groups is 1. The standard InChI is InChI=1S/C11H16N4O3/c1-15(2)11(16)13-8-5-4-7(10(12)14-17)6-9(8)18-3/h4-6,17H,1-3H3,(H2,12,14)(H,13,16). The molecule has 0 heterocycles. The Morgan fingerprint density at radius 3 is 2.67 bits per heavy atom. The molecule has 4 N–H and O–H groups in total. The summed E-state index contributed by atoms with van der Waals surface area (Å²) in [5.74, 6) is 0.396. The summed E-state index contributed by atoms with van der Waals surface area (Å²) in [7, 11) is 4.73. The number of nitrogens with two attached hydrogens (primary N) is 1. The minimum absolute atomic E-state index is 0.0289. The van der Waals surface area contributed by atoms with E-state index >= 15 is 0 Å². The molecule has 0 saturated heterocycles. The van der Waals surface area contributed by atoms with Gasteiger partial charge in [-0.15, -0.1) is 0 Å². The number of hydrogen-bond donors (Lipinski definition) is 3. The number of carbonyl (C=O) groups is 1. The lowest BCUT2D eigenvalue weighted by Gasteiger charge is -2.15. The number of urea groups is 1. The minimum atomic E-state index is -0.273. The van der Waals surface area contributed by atoms with Crippen LogP contribution in [0, 0.1) is 0 Å². The monoisotopic (exact) mass is 252 g/mol. The van der Waals surface area contributed by atoms with E-state index in [2.05, 4.69) is 10.5 Å². The highest BCUT2D eigenvalue weighted by atomic mass is 16.5. The number of rotatable bonds is 3. The Bertz CT molecular complexity index is 471. The van der Waals surface area contributed by atoms with Crippen LogP contribution in [0.3, 0.4) is 0 Å². The highest BCUT2D eigenvalue weighted by Crippen LogP contribution is 2.25. The first-order chi connectivity index (χ1) is 8.49. The van der Waals surface area contributed by atoms with E-state index in [4.69, 9.17) is 15.7 Å². The third-order valence-electron chi connectivity index (χ3n) is 2.25. The first-order valence-corrected chi connectivity index (χ1v) is 5.13. The predicted molar refractivity (Wildman–Crippen MR) is 68.2 cm³/mol. The van der Waals surface area contributed by atoms with Crippen LogP contribution in [0.15, 0.2) is 23.4 Å². The second kappa shape index (κ2) is 5.76. The first kappa shape index (κ1) is 13.6. The highest BCUT2D eigenvalue weighted by molar-refractivity contribution is 5.99. The maximum absolute atomic E-state index is 11.5. The Hall–Kier alpha value is -2.44. The van der Waals surface area contributed by atoms with Gasteiger partial charge in [0, 0.05) is 19.7 Å². The van der Waals surface area contributed by atoms with Crippen molar-refractivity contribution in [2.24, 2.45) is 10.9 Å². The van der Waals surface area contributed by atoms with Gasteiger partial charge in [-0.25, -0.2) is 4.79 Å². The summed E-state index contributed by atoms with van der Waals surface area (Å²) in [6.45, 7) is 0. The van der Waals surface area contributed by atoms with E-state index < -0.39 is 0 Å². The quantitative estimate of drug-likeness (QED) is 0.322. The molecule has 18 heavy (non-hydrogen) atoms. The molecule has 0 aromatic heterocycles. The molecule has 0 spiro atoms. The van der Waals surface area contributed by atoms with Gasteiger partial charge in [0.2, 0.25) is 0 Å². The van der Waals surface area contributed by atoms with Gasteiger partial charge in [-0.1, -0.05) is 5.16 Å². The number of carbonyl (C=O) groups excluding carboxylic acids is 1. The van der Waals surface area contributed by atoms with Crippen LogP contribution < -0.4 is 15.8 Å². The molecular formula is C11H16N4O3. The van der Waals surface area contributed by atoms with Crippen LogP contribution >= 0.6 is 0 Å². The van der Waals surface area contributed by atoms with Gasteiger partial charge in [0.05, 0.1) is 12.8 Å². The molecular weight excluding hydrogens is 236 g/mol. The molecule has 1 rings (SSSR count). The van der Waals surface area contributed by atoms with Gasteiger partial charge in [0.25, 0.3) is 0 Å². The topological polar surface area (TPSA) is 100 Å². The zero-order valence-electron chi connectivity index (χ0n) is 10.5. The molecule has 1 aromatic rings. The van der Waals surface area contributed by atoms with E-state index in [1.54, 1.807) is 32.3 Å². The lowest BCUT2D eigenvalue weighted by atomic mass is 10.1. The molecule has 0 fully saturated rings. The fraction of sp³-hybridized carbons (Fsp3) is 0.273. The van der Waals surface area contributed by atoms with Gasteiger partial charge in [-0.2, -0.15) is 0 Å². The average Bonchev–Trinajstić information content (AvgIpc) is 2.37. The second-order valence-corrected chi connectivity index (χ2v) is 3.72. The fourth-order valence-electron chi connectivity index (χ4n) is 1.24. The molecule has 0 atom stereocenters. The molecule has 0 radical (unpaired) electrons. The first-order valence-electron chi connectivity index (χ1n) is 5.13. The summed E-state index contributed by atoms with van der Waals surface area (Å²) in [5, 5.41) is 14.1. The Balaban J connectivity index is 3.04. The highest BCUT2D eigenvalue weighted by Gasteiger charge is 2.10. The molecule has 0 aliphatic carbocycles. The van der Waals surface area contributed by atoms with Crippen molar-refractivity contribution in [1.29, 1.82) is 0 Å². The average molecular weight is 252 g/mol. The van der Waals surface area contributed by atoms with Crippen LogP contribution in [0.25, 0.3) is 0 Å². The van der Waals surface area contributed by atoms with Crippen molar-refractivity contribution in [2.75, 3.05) is 26.5 Å². The van der Waals surface area contributed by atoms with E-state index in [1.807, 2.05) is 0 Å². The smallest absolute Gasteiger partial charge is 0.321 e. The number of methoxy groups -OCH3 is 1. The van der Waals surface area contributed by atoms with Gasteiger partial charge in [-0.05, 0) is 18.2 Å². The molecule has 0 unspecified atom stereocenters. The molecule has 0 aliphatic heterocycles. The Labute approximate surface area is 105 Å². The summed E-state index contributed by atoms with van der Waals surface area (Å²) in [6, 6.07) is 4.53. The molecule has 7 nitrogen and oxygen atoms in total. The summed E-state index contributed by atoms with van der Waals surface area (Å²) < 4.78 is 5.14. The third-order valence-corrected chi connectivity index (χ3v) is 2.25. The molecule has 98 valence electrons. The van der Waals surface area contributed by atoms with E-state index in [1.165, 1.54) is 12.0 Å². The van der Waals surface area contributed by atoms with Crippen LogP contribution in [0.2, 0.25) is 0 Å². The number of hydrogen-bond acceptors (Lipinski definition) is 4. The summed E-state index contributed by atoms with van der Waals surface area (Å²) in [4.78, 5) is 12.9. The summed E-state index contributed by atoms with van der Waals surface area (Å²) in [5.41, 5.74) is 6.47. The number of ether oxygens (including phenoxy) is 1. The number of nitrogens with one attached hydrogen (secondary N) is 1. The largest absolute Gasteiger partial charge is 0.495 e. The molecule has 0 aliphatic rings. The molecule has 7 heteroatoms. The zero-order valence-corrected chi connectivity index (χ0v) is 10.5. The lowest BCUT2D eigenvalue weighted by Crippen LogP contribution is -2.27. The van der Waals surface area contributed by atoms with E-state index in [-0.39, 0.29) is 11.9 Å². The van der Waals surface area contributed by atoms with Crippen LogP contribution in [0.4, 0.5) is 10.5 Å². The van der Waals surface area contributed by atoms with Crippen molar-refractivity contribution in [3.05, 3.63) is 23.8 Å². The maximum Gasteiger partial charge on any atom is 0.321 e. The van der Waals surface area contributed by atoms with Gasteiger partial charge in [-0.3, -0.25) is 0 Å². The van der Waals surface area contributed by atoms with Crippen LogP contribution in [0.5, 0.6) is 5.75 Å². The van der Waals surface area contributed by atoms with Crippen molar-refractivity contribution in [3.63, 3.8) is 0 Å². The van der Waals surface area contributed by atoms with Gasteiger partial charge < -0.3 is 25.9 Å². The third kappa shape index (κ3) is 3.03. The molecule has 0 saturated carbocycles. The van der Waals surface area contributed by atoms with E-state index in [0.29, 0.717) is 17.0 Å². The Morgan fingerprint density at radius 2 is 2.17 bits per heavy atom. The number of nitrogens with zero attached hydrogens (tertiary/aromatic N) is 2. The van der Waals surface area contributed by atoms with Crippen LogP contribution in [0.1, 0.15) is 5.56 Å². The predicted octanol–water partition coefficient (Wildman–Crippen LogP) is 0.883. The number of amidine groups is 1. The minimum Gasteiger partial charge on any atom is -0.495 e. The van der Waals surface area contributed by atoms with Gasteiger partial charge in [0.1, 0.15) is 5.75 Å². The number of benzene rings is 1. The molecule has 2 amide bonds. The van der Waals surface area contributed by atoms with Gasteiger partial charge in [0.15, 0.2) is 5.84 Å². The van der Waals surface area contributed by atoms with E-state index in [9.17, 15) is 4.79 Å². The number of amides is 2. The fourth-order valence-corrected chi connectivity index (χ4v) is 1.24. The zero-order chi connectivity index (χ0) is 13.7. The van der Waals surface area contributed by atoms with Gasteiger partial charge >= 0.3 is 6.03 Å². The Morgan fingerprint density at radius 1 is 1.50 bits per heavy atom. The van der Waals surface area contributed by atoms with Crippen LogP contribution in [-0.2, 0) is 0 Å². The Kier molecular flexibility index (Phi) is 4.36. The van der Waals surface area contributed by atoms with Crippen molar-refractivity contribution < 1.29 is 14.7 Å². The normalized spacial score (nSPS) is 10.9. The second-order valence-electron chi connectivity index (χ2n) is 3.72. The lowest BCUT2D eigenvalue weighted by molar-refractivity contribution is 0.230.